The molecule has 1 aliphatic carbocycles. The molecule has 0 aliphatic heterocycles. The number of nitrogens with one attached hydrogen (secondary N) is 2. The average Bonchev–Trinajstić information content (AvgIpc) is 3.03. The Morgan fingerprint density at radius 3 is 2.43 bits per heavy atom. The first-order valence-electron chi connectivity index (χ1n) is 8.30. The largest absolute Gasteiger partial charge is 0.355 e. The van der Waals surface area contributed by atoms with Crippen molar-refractivity contribution < 1.29 is 13.2 Å². The Bertz CT molecular complexity index is 605. The number of benzene rings is 1. The number of rotatable bonds is 8. The van der Waals surface area contributed by atoms with E-state index in [4.69, 9.17) is 0 Å². The molecule has 0 bridgehead atoms. The van der Waals surface area contributed by atoms with Gasteiger partial charge >= 0.3 is 0 Å². The van der Waals surface area contributed by atoms with Crippen LogP contribution in [0.25, 0.3) is 0 Å². The van der Waals surface area contributed by atoms with Gasteiger partial charge in [0.15, 0.2) is 0 Å². The van der Waals surface area contributed by atoms with E-state index in [1.54, 1.807) is 24.3 Å². The highest BCUT2D eigenvalue weighted by Gasteiger charge is 2.16. The molecule has 0 aromatic heterocycles. The first-order chi connectivity index (χ1) is 11.0. The second kappa shape index (κ2) is 8.45. The van der Waals surface area contributed by atoms with Gasteiger partial charge in [0.1, 0.15) is 0 Å². The number of carbonyl (C=O) groups is 1. The van der Waals surface area contributed by atoms with Crippen molar-refractivity contribution >= 4 is 15.9 Å². The van der Waals surface area contributed by atoms with Gasteiger partial charge in [-0.3, -0.25) is 4.79 Å². The summed E-state index contributed by atoms with van der Waals surface area (Å²) in [6.07, 6.45) is 6.53. The maximum Gasteiger partial charge on any atom is 0.240 e. The number of sulfonamides is 1. The lowest BCUT2D eigenvalue weighted by atomic mass is 10.0. The molecule has 0 spiro atoms. The van der Waals surface area contributed by atoms with Gasteiger partial charge in [0.2, 0.25) is 15.9 Å². The molecule has 5 nitrogen and oxygen atoms in total. The van der Waals surface area contributed by atoms with E-state index in [1.807, 2.05) is 6.92 Å². The van der Waals surface area contributed by atoms with Gasteiger partial charge in [-0.1, -0.05) is 43.4 Å². The fourth-order valence-electron chi connectivity index (χ4n) is 2.91. The van der Waals surface area contributed by atoms with Gasteiger partial charge < -0.3 is 5.32 Å². The smallest absolute Gasteiger partial charge is 0.240 e. The summed E-state index contributed by atoms with van der Waals surface area (Å²) in [5, 5.41) is 2.77. The number of hydrogen-bond donors (Lipinski definition) is 2. The molecule has 2 N–H and O–H groups in total. The molecule has 1 saturated carbocycles. The normalized spacial score (nSPS) is 15.7. The average molecular weight is 338 g/mol. The molecule has 0 saturated heterocycles. The van der Waals surface area contributed by atoms with Gasteiger partial charge in [0.05, 0.1) is 4.90 Å². The maximum absolute atomic E-state index is 12.1. The molecule has 1 aromatic rings. The minimum Gasteiger partial charge on any atom is -0.355 e. The lowest BCUT2D eigenvalue weighted by Gasteiger charge is -2.10. The Morgan fingerprint density at radius 2 is 1.78 bits per heavy atom. The van der Waals surface area contributed by atoms with Crippen molar-refractivity contribution in [3.63, 3.8) is 0 Å². The third kappa shape index (κ3) is 5.95. The molecule has 6 heteroatoms. The second-order valence-electron chi connectivity index (χ2n) is 6.25. The lowest BCUT2D eigenvalue weighted by Crippen LogP contribution is -2.34. The molecule has 1 aromatic carbocycles. The van der Waals surface area contributed by atoms with Crippen molar-refractivity contribution in [2.75, 3.05) is 13.1 Å². The zero-order valence-electron chi connectivity index (χ0n) is 13.7. The molecular formula is C17H26N2O3S. The Balaban J connectivity index is 1.65. The van der Waals surface area contributed by atoms with E-state index < -0.39 is 10.0 Å². The van der Waals surface area contributed by atoms with Crippen LogP contribution in [0.3, 0.4) is 0 Å². The highest BCUT2D eigenvalue weighted by molar-refractivity contribution is 7.89. The van der Waals surface area contributed by atoms with Gasteiger partial charge in [-0.15, -0.1) is 0 Å². The summed E-state index contributed by atoms with van der Waals surface area (Å²) in [6.45, 7) is 2.42. The summed E-state index contributed by atoms with van der Waals surface area (Å²) in [5.74, 6) is 0.701. The zero-order chi connectivity index (χ0) is 16.7. The molecule has 0 unspecified atom stereocenters. The van der Waals surface area contributed by atoms with Crippen LogP contribution >= 0.6 is 0 Å². The first-order valence-corrected chi connectivity index (χ1v) is 9.79. The summed E-state index contributed by atoms with van der Waals surface area (Å²) in [4.78, 5) is 12.0. The zero-order valence-corrected chi connectivity index (χ0v) is 14.5. The van der Waals surface area contributed by atoms with Crippen molar-refractivity contribution in [3.8, 4) is 0 Å². The molecule has 0 heterocycles. The van der Waals surface area contributed by atoms with E-state index >= 15 is 0 Å². The van der Waals surface area contributed by atoms with Crippen LogP contribution in [-0.2, 0) is 14.8 Å². The molecular weight excluding hydrogens is 312 g/mol. The molecule has 0 atom stereocenters. The highest BCUT2D eigenvalue weighted by atomic mass is 32.2. The Hall–Kier alpha value is -1.40. The van der Waals surface area contributed by atoms with E-state index in [-0.39, 0.29) is 17.3 Å². The van der Waals surface area contributed by atoms with E-state index in [0.717, 1.165) is 12.0 Å². The number of carbonyl (C=O) groups excluding carboxylic acids is 1. The number of amides is 1. The number of hydrogen-bond acceptors (Lipinski definition) is 3. The van der Waals surface area contributed by atoms with Crippen LogP contribution in [-0.4, -0.2) is 27.4 Å². The molecule has 1 fully saturated rings. The van der Waals surface area contributed by atoms with Crippen molar-refractivity contribution in [1.82, 2.24) is 10.0 Å². The Kier molecular flexibility index (Phi) is 6.59. The van der Waals surface area contributed by atoms with Gasteiger partial charge in [-0.25, -0.2) is 13.1 Å². The molecule has 23 heavy (non-hydrogen) atoms. The van der Waals surface area contributed by atoms with E-state index in [2.05, 4.69) is 10.0 Å². The van der Waals surface area contributed by atoms with Crippen molar-refractivity contribution in [3.05, 3.63) is 29.8 Å². The molecule has 0 radical (unpaired) electrons. The van der Waals surface area contributed by atoms with Crippen LogP contribution in [0.15, 0.2) is 29.2 Å². The fourth-order valence-corrected chi connectivity index (χ4v) is 3.94. The minimum atomic E-state index is -3.50. The van der Waals surface area contributed by atoms with Crippen LogP contribution in [0.5, 0.6) is 0 Å². The molecule has 1 aliphatic rings. The monoisotopic (exact) mass is 338 g/mol. The topological polar surface area (TPSA) is 75.3 Å². The van der Waals surface area contributed by atoms with E-state index in [0.29, 0.717) is 18.9 Å². The lowest BCUT2D eigenvalue weighted by molar-refractivity contribution is -0.121. The predicted molar refractivity (Wildman–Crippen MR) is 90.6 cm³/mol. The summed E-state index contributed by atoms with van der Waals surface area (Å²) in [5.41, 5.74) is 1.01. The maximum atomic E-state index is 12.1. The van der Waals surface area contributed by atoms with Gasteiger partial charge in [0.25, 0.3) is 0 Å². The van der Waals surface area contributed by atoms with Crippen LogP contribution in [0.1, 0.15) is 44.1 Å². The van der Waals surface area contributed by atoms with Gasteiger partial charge in [-0.2, -0.15) is 0 Å². The van der Waals surface area contributed by atoms with Crippen LogP contribution < -0.4 is 10.0 Å². The SMILES string of the molecule is Cc1ccc(S(=O)(=O)NCCNC(=O)CCC2CCCC2)cc1. The predicted octanol–water partition coefficient (Wildman–Crippen LogP) is 2.36. The minimum absolute atomic E-state index is 0.00596. The summed E-state index contributed by atoms with van der Waals surface area (Å²) >= 11 is 0. The van der Waals surface area contributed by atoms with Crippen molar-refractivity contribution in [1.29, 1.82) is 0 Å². The Labute approximate surface area is 138 Å². The first kappa shape index (κ1) is 17.9. The van der Waals surface area contributed by atoms with E-state index in [1.165, 1.54) is 25.7 Å². The van der Waals surface area contributed by atoms with Crippen LogP contribution in [0.4, 0.5) is 0 Å². The quantitative estimate of drug-likeness (QED) is 0.715. The number of aryl methyl sites for hydroxylation is 1. The summed E-state index contributed by atoms with van der Waals surface area (Å²) in [7, 11) is -3.50. The standard InChI is InChI=1S/C17H26N2O3S/c1-14-6-9-16(10-7-14)23(21,22)19-13-12-18-17(20)11-8-15-4-2-3-5-15/h6-7,9-10,15,19H,2-5,8,11-13H2,1H3,(H,18,20). The van der Waals surface area contributed by atoms with Crippen LogP contribution in [0.2, 0.25) is 0 Å². The molecule has 1 amide bonds. The third-order valence-corrected chi connectivity index (χ3v) is 5.80. The summed E-state index contributed by atoms with van der Waals surface area (Å²) in [6, 6.07) is 6.69. The van der Waals surface area contributed by atoms with Crippen molar-refractivity contribution in [2.45, 2.75) is 50.3 Å². The van der Waals surface area contributed by atoms with E-state index in [9.17, 15) is 13.2 Å². The molecule has 128 valence electrons. The fraction of sp³-hybridized carbons (Fsp3) is 0.588. The third-order valence-electron chi connectivity index (χ3n) is 4.32. The van der Waals surface area contributed by atoms with Crippen LogP contribution in [0, 0.1) is 12.8 Å². The second-order valence-corrected chi connectivity index (χ2v) is 8.02. The molecule has 2 rings (SSSR count). The Morgan fingerprint density at radius 1 is 1.13 bits per heavy atom. The van der Waals surface area contributed by atoms with Gasteiger partial charge in [0, 0.05) is 19.5 Å². The highest BCUT2D eigenvalue weighted by Crippen LogP contribution is 2.28. The van der Waals surface area contributed by atoms with Gasteiger partial charge in [-0.05, 0) is 31.4 Å². The van der Waals surface area contributed by atoms with Crippen molar-refractivity contribution in [2.24, 2.45) is 5.92 Å². The summed E-state index contributed by atoms with van der Waals surface area (Å²) < 4.78 is 26.6.